The SMILES string of the molecule is CCCCOc1ccnc(NC(=O)C2CC2)c1. The third kappa shape index (κ3) is 3.73. The minimum Gasteiger partial charge on any atom is -0.493 e. The van der Waals surface area contributed by atoms with Crippen LogP contribution in [0.5, 0.6) is 5.75 Å². The van der Waals surface area contributed by atoms with Crippen LogP contribution >= 0.6 is 0 Å². The molecule has 4 heteroatoms. The highest BCUT2D eigenvalue weighted by Crippen LogP contribution is 2.30. The Labute approximate surface area is 101 Å². The van der Waals surface area contributed by atoms with Gasteiger partial charge in [0.15, 0.2) is 0 Å². The quantitative estimate of drug-likeness (QED) is 0.770. The molecule has 1 aliphatic rings. The zero-order chi connectivity index (χ0) is 12.1. The Morgan fingerprint density at radius 1 is 1.59 bits per heavy atom. The fraction of sp³-hybridized carbons (Fsp3) is 0.538. The van der Waals surface area contributed by atoms with Crippen molar-refractivity contribution >= 4 is 11.7 Å². The summed E-state index contributed by atoms with van der Waals surface area (Å²) in [5.41, 5.74) is 0. The lowest BCUT2D eigenvalue weighted by Crippen LogP contribution is -2.14. The smallest absolute Gasteiger partial charge is 0.228 e. The Kier molecular flexibility index (Phi) is 3.96. The molecule has 0 saturated heterocycles. The van der Waals surface area contributed by atoms with E-state index in [1.165, 1.54) is 0 Å². The molecule has 2 rings (SSSR count). The number of nitrogens with zero attached hydrogens (tertiary/aromatic N) is 1. The van der Waals surface area contributed by atoms with Gasteiger partial charge in [-0.05, 0) is 25.3 Å². The van der Waals surface area contributed by atoms with Crippen LogP contribution < -0.4 is 10.1 Å². The van der Waals surface area contributed by atoms with Gasteiger partial charge in [-0.3, -0.25) is 4.79 Å². The number of hydrogen-bond acceptors (Lipinski definition) is 3. The second-order valence-corrected chi connectivity index (χ2v) is 4.34. The van der Waals surface area contributed by atoms with Crippen LogP contribution in [0.15, 0.2) is 18.3 Å². The number of unbranched alkanes of at least 4 members (excludes halogenated alkanes) is 1. The number of pyridine rings is 1. The fourth-order valence-corrected chi connectivity index (χ4v) is 1.48. The number of ether oxygens (including phenoxy) is 1. The maximum Gasteiger partial charge on any atom is 0.228 e. The number of amides is 1. The average Bonchev–Trinajstić information content (AvgIpc) is 3.14. The number of nitrogens with one attached hydrogen (secondary N) is 1. The van der Waals surface area contributed by atoms with E-state index in [1.807, 2.05) is 6.07 Å². The lowest BCUT2D eigenvalue weighted by molar-refractivity contribution is -0.117. The van der Waals surface area contributed by atoms with Gasteiger partial charge in [-0.2, -0.15) is 0 Å². The highest BCUT2D eigenvalue weighted by Gasteiger charge is 2.29. The van der Waals surface area contributed by atoms with E-state index in [1.54, 1.807) is 12.3 Å². The highest BCUT2D eigenvalue weighted by molar-refractivity contribution is 5.93. The van der Waals surface area contributed by atoms with Gasteiger partial charge in [0, 0.05) is 18.2 Å². The number of carbonyl (C=O) groups excluding carboxylic acids is 1. The van der Waals surface area contributed by atoms with Crippen LogP contribution in [0, 0.1) is 5.92 Å². The summed E-state index contributed by atoms with van der Waals surface area (Å²) in [4.78, 5) is 15.7. The largest absolute Gasteiger partial charge is 0.493 e. The van der Waals surface area contributed by atoms with Gasteiger partial charge >= 0.3 is 0 Å². The van der Waals surface area contributed by atoms with Gasteiger partial charge in [0.05, 0.1) is 6.61 Å². The van der Waals surface area contributed by atoms with Gasteiger partial charge < -0.3 is 10.1 Å². The molecule has 0 spiro atoms. The topological polar surface area (TPSA) is 51.2 Å². The Balaban J connectivity index is 1.88. The summed E-state index contributed by atoms with van der Waals surface area (Å²) in [6.45, 7) is 2.83. The van der Waals surface area contributed by atoms with E-state index in [-0.39, 0.29) is 11.8 Å². The zero-order valence-electron chi connectivity index (χ0n) is 10.1. The molecular formula is C13H18N2O2. The lowest BCUT2D eigenvalue weighted by Gasteiger charge is -2.07. The van der Waals surface area contributed by atoms with Crippen molar-refractivity contribution in [1.82, 2.24) is 4.98 Å². The van der Waals surface area contributed by atoms with E-state index in [0.717, 1.165) is 31.4 Å². The molecule has 17 heavy (non-hydrogen) atoms. The molecule has 1 N–H and O–H groups in total. The molecule has 0 aliphatic heterocycles. The number of rotatable bonds is 6. The van der Waals surface area contributed by atoms with Crippen LogP contribution in [-0.4, -0.2) is 17.5 Å². The Hall–Kier alpha value is -1.58. The van der Waals surface area contributed by atoms with Crippen molar-refractivity contribution in [1.29, 1.82) is 0 Å². The molecule has 0 radical (unpaired) electrons. The summed E-state index contributed by atoms with van der Waals surface area (Å²) in [5.74, 6) is 1.61. The van der Waals surface area contributed by atoms with Crippen molar-refractivity contribution in [3.63, 3.8) is 0 Å². The van der Waals surface area contributed by atoms with E-state index >= 15 is 0 Å². The summed E-state index contributed by atoms with van der Waals surface area (Å²) in [6, 6.07) is 3.58. The van der Waals surface area contributed by atoms with Crippen molar-refractivity contribution in [2.45, 2.75) is 32.6 Å². The second-order valence-electron chi connectivity index (χ2n) is 4.34. The highest BCUT2D eigenvalue weighted by atomic mass is 16.5. The summed E-state index contributed by atoms with van der Waals surface area (Å²) in [7, 11) is 0. The monoisotopic (exact) mass is 234 g/mol. The van der Waals surface area contributed by atoms with E-state index < -0.39 is 0 Å². The molecule has 92 valence electrons. The van der Waals surface area contributed by atoms with Crippen LogP contribution in [-0.2, 0) is 4.79 Å². The Morgan fingerprint density at radius 3 is 3.12 bits per heavy atom. The number of anilines is 1. The summed E-state index contributed by atoms with van der Waals surface area (Å²) in [6.07, 6.45) is 5.79. The van der Waals surface area contributed by atoms with Crippen molar-refractivity contribution in [2.24, 2.45) is 5.92 Å². The number of aromatic nitrogens is 1. The van der Waals surface area contributed by atoms with Crippen molar-refractivity contribution in [2.75, 3.05) is 11.9 Å². The predicted octanol–water partition coefficient (Wildman–Crippen LogP) is 2.61. The molecule has 0 bridgehead atoms. The number of carbonyl (C=O) groups is 1. The first-order valence-corrected chi connectivity index (χ1v) is 6.19. The molecule has 1 heterocycles. The molecule has 4 nitrogen and oxygen atoms in total. The van der Waals surface area contributed by atoms with Crippen LogP contribution in [0.3, 0.4) is 0 Å². The van der Waals surface area contributed by atoms with Gasteiger partial charge in [-0.15, -0.1) is 0 Å². The normalized spacial score (nSPS) is 14.4. The lowest BCUT2D eigenvalue weighted by atomic mass is 10.3. The van der Waals surface area contributed by atoms with E-state index in [0.29, 0.717) is 12.4 Å². The third-order valence-corrected chi connectivity index (χ3v) is 2.70. The first-order valence-electron chi connectivity index (χ1n) is 6.19. The van der Waals surface area contributed by atoms with Gasteiger partial charge in [-0.1, -0.05) is 13.3 Å². The van der Waals surface area contributed by atoms with Gasteiger partial charge in [0.25, 0.3) is 0 Å². The van der Waals surface area contributed by atoms with Crippen molar-refractivity contribution < 1.29 is 9.53 Å². The first kappa shape index (κ1) is 11.9. The Bertz CT molecular complexity index is 389. The molecule has 0 aromatic carbocycles. The molecule has 1 aromatic rings. The minimum atomic E-state index is 0.0724. The number of hydrogen-bond donors (Lipinski definition) is 1. The van der Waals surface area contributed by atoms with Crippen LogP contribution in [0.4, 0.5) is 5.82 Å². The van der Waals surface area contributed by atoms with E-state index in [2.05, 4.69) is 17.2 Å². The van der Waals surface area contributed by atoms with E-state index in [4.69, 9.17) is 4.74 Å². The fourth-order valence-electron chi connectivity index (χ4n) is 1.48. The molecule has 1 saturated carbocycles. The summed E-state index contributed by atoms with van der Waals surface area (Å²) < 4.78 is 5.55. The van der Waals surface area contributed by atoms with Gasteiger partial charge in [-0.25, -0.2) is 4.98 Å². The second kappa shape index (κ2) is 5.66. The molecule has 0 unspecified atom stereocenters. The van der Waals surface area contributed by atoms with Crippen LogP contribution in [0.2, 0.25) is 0 Å². The third-order valence-electron chi connectivity index (χ3n) is 2.70. The first-order chi connectivity index (χ1) is 8.29. The predicted molar refractivity (Wildman–Crippen MR) is 66.0 cm³/mol. The molecule has 0 atom stereocenters. The molecule has 1 fully saturated rings. The minimum absolute atomic E-state index is 0.0724. The van der Waals surface area contributed by atoms with E-state index in [9.17, 15) is 4.79 Å². The standard InChI is InChI=1S/C13H18N2O2/c1-2-3-8-17-11-6-7-14-12(9-11)15-13(16)10-4-5-10/h6-7,9-10H,2-5,8H2,1H3,(H,14,15,16). The molecule has 1 amide bonds. The van der Waals surface area contributed by atoms with Crippen molar-refractivity contribution in [3.8, 4) is 5.75 Å². The molecule has 1 aliphatic carbocycles. The average molecular weight is 234 g/mol. The van der Waals surface area contributed by atoms with Gasteiger partial charge in [0.2, 0.25) is 5.91 Å². The maximum atomic E-state index is 11.6. The molecule has 1 aromatic heterocycles. The van der Waals surface area contributed by atoms with Crippen LogP contribution in [0.1, 0.15) is 32.6 Å². The maximum absolute atomic E-state index is 11.6. The van der Waals surface area contributed by atoms with Crippen LogP contribution in [0.25, 0.3) is 0 Å². The summed E-state index contributed by atoms with van der Waals surface area (Å²) in [5, 5.41) is 2.80. The summed E-state index contributed by atoms with van der Waals surface area (Å²) >= 11 is 0. The van der Waals surface area contributed by atoms with Crippen molar-refractivity contribution in [3.05, 3.63) is 18.3 Å². The Morgan fingerprint density at radius 2 is 2.41 bits per heavy atom. The zero-order valence-corrected chi connectivity index (χ0v) is 10.1. The van der Waals surface area contributed by atoms with Gasteiger partial charge in [0.1, 0.15) is 11.6 Å². The molecular weight excluding hydrogens is 216 g/mol.